The second-order valence-electron chi connectivity index (χ2n) is 6.67. The van der Waals surface area contributed by atoms with Crippen molar-refractivity contribution in [1.82, 2.24) is 10.2 Å². The second kappa shape index (κ2) is 7.35. The Morgan fingerprint density at radius 3 is 2.68 bits per heavy atom. The molecule has 2 heterocycles. The van der Waals surface area contributed by atoms with E-state index in [2.05, 4.69) is 15.5 Å². The smallest absolute Gasteiger partial charge is 0.277 e. The largest absolute Gasteiger partial charge is 0.490 e. The maximum Gasteiger partial charge on any atom is 0.277 e. The van der Waals surface area contributed by atoms with Gasteiger partial charge in [-0.25, -0.2) is 0 Å². The molecule has 0 atom stereocenters. The van der Waals surface area contributed by atoms with E-state index >= 15 is 0 Å². The molecule has 8 heteroatoms. The van der Waals surface area contributed by atoms with Gasteiger partial charge in [0, 0.05) is 23.6 Å². The molecular formula is C17H21N3O4S. The van der Waals surface area contributed by atoms with Gasteiger partial charge in [0.25, 0.3) is 5.22 Å². The van der Waals surface area contributed by atoms with Gasteiger partial charge in [-0.1, -0.05) is 32.5 Å². The molecule has 7 nitrogen and oxygen atoms in total. The number of nitrogens with zero attached hydrogens (tertiary/aromatic N) is 2. The summed E-state index contributed by atoms with van der Waals surface area (Å²) in [6.45, 7) is 7.22. The predicted octanol–water partition coefficient (Wildman–Crippen LogP) is 3.26. The number of benzene rings is 1. The van der Waals surface area contributed by atoms with Gasteiger partial charge in [-0.15, -0.1) is 10.2 Å². The number of fused-ring (bicyclic) bond motifs is 1. The summed E-state index contributed by atoms with van der Waals surface area (Å²) in [5.41, 5.74) is 0.452. The predicted molar refractivity (Wildman–Crippen MR) is 94.4 cm³/mol. The lowest BCUT2D eigenvalue weighted by Crippen LogP contribution is -2.14. The van der Waals surface area contributed by atoms with E-state index in [4.69, 9.17) is 13.9 Å². The minimum Gasteiger partial charge on any atom is -0.490 e. The fourth-order valence-corrected chi connectivity index (χ4v) is 2.70. The third-order valence-corrected chi connectivity index (χ3v) is 4.22. The average molecular weight is 363 g/mol. The van der Waals surface area contributed by atoms with Gasteiger partial charge in [0.1, 0.15) is 0 Å². The highest BCUT2D eigenvalue weighted by molar-refractivity contribution is 7.99. The van der Waals surface area contributed by atoms with Gasteiger partial charge in [0.15, 0.2) is 11.5 Å². The van der Waals surface area contributed by atoms with Crippen LogP contribution in [0.15, 0.2) is 27.8 Å². The summed E-state index contributed by atoms with van der Waals surface area (Å²) >= 11 is 1.21. The number of hydrogen-bond donors (Lipinski definition) is 1. The maximum absolute atomic E-state index is 12.1. The lowest BCUT2D eigenvalue weighted by Gasteiger charge is -2.11. The zero-order valence-corrected chi connectivity index (χ0v) is 15.3. The zero-order chi connectivity index (χ0) is 17.9. The third-order valence-electron chi connectivity index (χ3n) is 3.41. The van der Waals surface area contributed by atoms with Crippen molar-refractivity contribution in [3.8, 4) is 11.5 Å². The highest BCUT2D eigenvalue weighted by atomic mass is 32.2. The summed E-state index contributed by atoms with van der Waals surface area (Å²) in [6, 6.07) is 5.37. The zero-order valence-electron chi connectivity index (χ0n) is 14.5. The molecule has 1 aromatic carbocycles. The number of aromatic nitrogens is 2. The van der Waals surface area contributed by atoms with E-state index in [1.165, 1.54) is 11.8 Å². The number of carbonyl (C=O) groups excluding carboxylic acids is 1. The maximum atomic E-state index is 12.1. The Labute approximate surface area is 150 Å². The Bertz CT molecular complexity index is 755. The number of nitrogens with one attached hydrogen (secondary N) is 1. The van der Waals surface area contributed by atoms with Crippen LogP contribution in [0, 0.1) is 0 Å². The fraction of sp³-hybridized carbons (Fsp3) is 0.471. The number of rotatable bonds is 4. The molecule has 0 unspecified atom stereocenters. The summed E-state index contributed by atoms with van der Waals surface area (Å²) in [7, 11) is 0. The number of carbonyl (C=O) groups is 1. The number of anilines is 1. The minimum atomic E-state index is -0.210. The molecule has 0 radical (unpaired) electrons. The van der Waals surface area contributed by atoms with Crippen LogP contribution in [0.2, 0.25) is 0 Å². The van der Waals surface area contributed by atoms with Gasteiger partial charge in [0.05, 0.1) is 19.0 Å². The molecule has 1 N–H and O–H groups in total. The van der Waals surface area contributed by atoms with E-state index in [9.17, 15) is 4.79 Å². The van der Waals surface area contributed by atoms with E-state index in [1.807, 2.05) is 20.8 Å². The highest BCUT2D eigenvalue weighted by Gasteiger charge is 2.22. The molecule has 1 aliphatic rings. The summed E-state index contributed by atoms with van der Waals surface area (Å²) in [5.74, 6) is 1.92. The molecule has 0 aliphatic carbocycles. The van der Waals surface area contributed by atoms with Crippen molar-refractivity contribution in [1.29, 1.82) is 0 Å². The molecule has 1 aliphatic heterocycles. The Hall–Kier alpha value is -2.22. The van der Waals surface area contributed by atoms with Crippen LogP contribution < -0.4 is 14.8 Å². The molecule has 1 amide bonds. The highest BCUT2D eigenvalue weighted by Crippen LogP contribution is 2.32. The molecule has 25 heavy (non-hydrogen) atoms. The van der Waals surface area contributed by atoms with E-state index in [0.29, 0.717) is 41.5 Å². The van der Waals surface area contributed by atoms with Crippen LogP contribution in [0.1, 0.15) is 33.1 Å². The van der Waals surface area contributed by atoms with Gasteiger partial charge in [-0.2, -0.15) is 0 Å². The molecule has 134 valence electrons. The summed E-state index contributed by atoms with van der Waals surface area (Å²) in [5, 5.41) is 11.2. The van der Waals surface area contributed by atoms with Crippen LogP contribution >= 0.6 is 11.8 Å². The van der Waals surface area contributed by atoms with E-state index < -0.39 is 0 Å². The van der Waals surface area contributed by atoms with Crippen LogP contribution in [0.5, 0.6) is 11.5 Å². The lowest BCUT2D eigenvalue weighted by molar-refractivity contribution is -0.113. The van der Waals surface area contributed by atoms with Crippen LogP contribution in [0.3, 0.4) is 0 Å². The van der Waals surface area contributed by atoms with E-state index in [1.54, 1.807) is 18.2 Å². The van der Waals surface area contributed by atoms with Crippen LogP contribution in [-0.4, -0.2) is 35.1 Å². The molecule has 0 saturated carbocycles. The Morgan fingerprint density at radius 2 is 1.96 bits per heavy atom. The van der Waals surface area contributed by atoms with Gasteiger partial charge in [-0.3, -0.25) is 4.79 Å². The van der Waals surface area contributed by atoms with Crippen LogP contribution in [0.25, 0.3) is 0 Å². The first-order valence-electron chi connectivity index (χ1n) is 8.08. The van der Waals surface area contributed by atoms with Crippen molar-refractivity contribution in [2.75, 3.05) is 24.3 Å². The molecule has 0 saturated heterocycles. The number of hydrogen-bond acceptors (Lipinski definition) is 7. The third kappa shape index (κ3) is 4.66. The minimum absolute atomic E-state index is 0.157. The van der Waals surface area contributed by atoms with Gasteiger partial charge >= 0.3 is 0 Å². The first-order valence-corrected chi connectivity index (χ1v) is 9.07. The van der Waals surface area contributed by atoms with Crippen molar-refractivity contribution in [3.05, 3.63) is 24.1 Å². The van der Waals surface area contributed by atoms with Crippen molar-refractivity contribution in [3.63, 3.8) is 0 Å². The van der Waals surface area contributed by atoms with Crippen molar-refractivity contribution in [2.45, 2.75) is 37.8 Å². The monoisotopic (exact) mass is 363 g/mol. The first kappa shape index (κ1) is 17.6. The van der Waals surface area contributed by atoms with Crippen molar-refractivity contribution < 1.29 is 18.7 Å². The summed E-state index contributed by atoms with van der Waals surface area (Å²) in [4.78, 5) is 12.1. The van der Waals surface area contributed by atoms with Gasteiger partial charge < -0.3 is 19.2 Å². The topological polar surface area (TPSA) is 86.5 Å². The second-order valence-corrected chi connectivity index (χ2v) is 7.60. The van der Waals surface area contributed by atoms with Crippen LogP contribution in [0.4, 0.5) is 5.69 Å². The number of amides is 1. The normalized spacial score (nSPS) is 14.0. The Balaban J connectivity index is 1.56. The molecule has 2 aromatic rings. The lowest BCUT2D eigenvalue weighted by atomic mass is 9.97. The molecule has 0 spiro atoms. The van der Waals surface area contributed by atoms with Crippen molar-refractivity contribution >= 4 is 23.4 Å². The van der Waals surface area contributed by atoms with Gasteiger partial charge in [0.2, 0.25) is 11.8 Å². The quantitative estimate of drug-likeness (QED) is 0.834. The Kier molecular flexibility index (Phi) is 5.17. The molecule has 3 rings (SSSR count). The molecule has 1 aromatic heterocycles. The van der Waals surface area contributed by atoms with E-state index in [-0.39, 0.29) is 17.1 Å². The van der Waals surface area contributed by atoms with Gasteiger partial charge in [-0.05, 0) is 12.1 Å². The fourth-order valence-electron chi connectivity index (χ4n) is 2.14. The SMILES string of the molecule is CC(C)(C)c1nnc(SCC(=O)Nc2ccc3c(c2)OCCCO3)o1. The average Bonchev–Trinajstić information content (AvgIpc) is 2.92. The summed E-state index contributed by atoms with van der Waals surface area (Å²) < 4.78 is 16.8. The molecule has 0 bridgehead atoms. The van der Waals surface area contributed by atoms with Crippen LogP contribution in [-0.2, 0) is 10.2 Å². The number of ether oxygens (including phenoxy) is 2. The summed E-state index contributed by atoms with van der Waals surface area (Å²) in [6.07, 6.45) is 0.841. The number of thioether (sulfide) groups is 1. The standard InChI is InChI=1S/C17H21N3O4S/c1-17(2,3)15-19-20-16(24-15)25-10-14(21)18-11-5-6-12-13(9-11)23-8-4-7-22-12/h5-6,9H,4,7-8,10H2,1-3H3,(H,18,21). The van der Waals surface area contributed by atoms with E-state index in [0.717, 1.165) is 6.42 Å². The van der Waals surface area contributed by atoms with Crippen molar-refractivity contribution in [2.24, 2.45) is 0 Å². The Morgan fingerprint density at radius 1 is 1.20 bits per heavy atom. The molecular weight excluding hydrogens is 342 g/mol. The first-order chi connectivity index (χ1) is 11.9. The molecule has 0 fully saturated rings.